The van der Waals surface area contributed by atoms with Gasteiger partial charge in [-0.05, 0) is 0 Å². The average Bonchev–Trinajstić information content (AvgIpc) is 2.77. The van der Waals surface area contributed by atoms with Crippen LogP contribution in [0.5, 0.6) is 0 Å². The molecule has 0 aliphatic carbocycles. The van der Waals surface area contributed by atoms with Gasteiger partial charge in [-0.15, -0.1) is 0 Å². The number of nitrogens with zero attached hydrogens (tertiary/aromatic N) is 3. The quantitative estimate of drug-likeness (QED) is 0.582. The third-order valence-electron chi connectivity index (χ3n) is 0.856. The van der Waals surface area contributed by atoms with E-state index in [4.69, 9.17) is 0 Å². The van der Waals surface area contributed by atoms with E-state index in [9.17, 15) is 0 Å². The molecule has 0 saturated carbocycles. The van der Waals surface area contributed by atoms with E-state index in [-0.39, 0.29) is 5.54 Å². The van der Waals surface area contributed by atoms with Crippen LogP contribution in [0.1, 0.15) is 20.8 Å². The van der Waals surface area contributed by atoms with E-state index in [1.807, 2.05) is 30.3 Å². The fraction of sp³-hybridized carbons (Fsp3) is 0.615. The van der Waals surface area contributed by atoms with Crippen LogP contribution in [0.3, 0.4) is 0 Å². The molecule has 0 aliphatic rings. The minimum Gasteiger partial charge on any atom is -0.668 e. The SMILES string of the molecule is CC(C)(C)[N]=[Ta].C[N-]C.C[N-]C.c1cc[cH-]c1. The molecular weight excluding hydrogens is 379 g/mol. The smallest absolute Gasteiger partial charge is 0.162 e. The van der Waals surface area contributed by atoms with Gasteiger partial charge in [0.2, 0.25) is 0 Å². The molecule has 0 heterocycles. The molecule has 0 saturated heterocycles. The number of hydrogen-bond acceptors (Lipinski definition) is 1. The van der Waals surface area contributed by atoms with Crippen molar-refractivity contribution in [2.24, 2.45) is 3.34 Å². The second kappa shape index (κ2) is 18.2. The third-order valence-corrected chi connectivity index (χ3v) is 3.01. The summed E-state index contributed by atoms with van der Waals surface area (Å²) in [5.41, 5.74) is 0.216. The van der Waals surface area contributed by atoms with Crippen LogP contribution in [0, 0.1) is 0 Å². The zero-order valence-electron chi connectivity index (χ0n) is 12.2. The predicted octanol–water partition coefficient (Wildman–Crippen LogP) is 4.16. The van der Waals surface area contributed by atoms with E-state index in [0.29, 0.717) is 0 Å². The first-order valence-electron chi connectivity index (χ1n) is 5.38. The zero-order chi connectivity index (χ0) is 14.2. The summed E-state index contributed by atoms with van der Waals surface area (Å²) in [6, 6.07) is 10.0. The monoisotopic (exact) mass is 405 g/mol. The molecule has 0 unspecified atom stereocenters. The molecule has 101 valence electrons. The first-order chi connectivity index (χ1) is 7.89. The molecule has 0 atom stereocenters. The molecule has 3 nitrogen and oxygen atoms in total. The molecule has 1 aromatic carbocycles. The van der Waals surface area contributed by atoms with Crippen LogP contribution >= 0.6 is 0 Å². The molecule has 0 aliphatic heterocycles. The summed E-state index contributed by atoms with van der Waals surface area (Å²) in [4.78, 5) is 0. The maximum atomic E-state index is 4.13. The van der Waals surface area contributed by atoms with Crippen molar-refractivity contribution < 1.29 is 20.9 Å². The van der Waals surface area contributed by atoms with Crippen molar-refractivity contribution in [3.63, 3.8) is 0 Å². The predicted molar refractivity (Wildman–Crippen MR) is 74.6 cm³/mol. The van der Waals surface area contributed by atoms with Crippen LogP contribution in [0.25, 0.3) is 10.6 Å². The van der Waals surface area contributed by atoms with Crippen molar-refractivity contribution in [3.8, 4) is 0 Å². The van der Waals surface area contributed by atoms with E-state index >= 15 is 0 Å². The Labute approximate surface area is 120 Å². The molecular formula is C13H26N3Ta-3. The Morgan fingerprint density at radius 2 is 1.18 bits per heavy atom. The van der Waals surface area contributed by atoms with Gasteiger partial charge < -0.3 is 10.6 Å². The average molecular weight is 405 g/mol. The van der Waals surface area contributed by atoms with E-state index in [1.165, 1.54) is 0 Å². The van der Waals surface area contributed by atoms with E-state index in [0.717, 1.165) is 20.9 Å². The van der Waals surface area contributed by atoms with Crippen LogP contribution in [-0.4, -0.2) is 33.7 Å². The first-order valence-corrected chi connectivity index (χ1v) is 6.82. The van der Waals surface area contributed by atoms with Crippen molar-refractivity contribution >= 4 is 0 Å². The van der Waals surface area contributed by atoms with Crippen LogP contribution in [-0.2, 0) is 20.9 Å². The van der Waals surface area contributed by atoms with Crippen LogP contribution < -0.4 is 0 Å². The second-order valence-corrected chi connectivity index (χ2v) is 4.85. The van der Waals surface area contributed by atoms with E-state index in [1.54, 1.807) is 28.2 Å². The van der Waals surface area contributed by atoms with Crippen molar-refractivity contribution in [1.82, 2.24) is 0 Å². The fourth-order valence-electron chi connectivity index (χ4n) is 0.321. The largest absolute Gasteiger partial charge is 0.668 e. The van der Waals surface area contributed by atoms with Crippen molar-refractivity contribution in [2.45, 2.75) is 26.3 Å². The molecule has 1 aromatic rings. The van der Waals surface area contributed by atoms with Gasteiger partial charge in [-0.3, -0.25) is 0 Å². The Morgan fingerprint density at radius 1 is 0.941 bits per heavy atom. The Hall–Kier alpha value is -0.190. The summed E-state index contributed by atoms with van der Waals surface area (Å²) >= 11 is 1.15. The van der Waals surface area contributed by atoms with Gasteiger partial charge in [0, 0.05) is 0 Å². The first kappa shape index (κ1) is 22.0. The van der Waals surface area contributed by atoms with Crippen molar-refractivity contribution in [2.75, 3.05) is 28.2 Å². The standard InChI is InChI=1S/C5H5.C4H9N.2C2H6N.Ta/c1-2-4-5-3-1;1-4(2,3)5;2*1-3-2;/h1-5H;1-3H3;2*1-2H3;/q-1;;2*-1;. The summed E-state index contributed by atoms with van der Waals surface area (Å²) in [5, 5.41) is 7.00. The Balaban J connectivity index is -0.000000162. The number of rotatable bonds is 0. The Morgan fingerprint density at radius 3 is 1.24 bits per heavy atom. The summed E-state index contributed by atoms with van der Waals surface area (Å²) < 4.78 is 4.13. The minimum atomic E-state index is 0.216. The molecule has 0 amide bonds. The summed E-state index contributed by atoms with van der Waals surface area (Å²) in [6.45, 7) is 6.31. The van der Waals surface area contributed by atoms with Gasteiger partial charge in [0.15, 0.2) is 0 Å². The maximum Gasteiger partial charge on any atom is -0.162 e. The van der Waals surface area contributed by atoms with Crippen molar-refractivity contribution in [1.29, 1.82) is 0 Å². The van der Waals surface area contributed by atoms with Gasteiger partial charge in [0.05, 0.1) is 0 Å². The van der Waals surface area contributed by atoms with Gasteiger partial charge in [-0.1, -0.05) is 0 Å². The molecule has 17 heavy (non-hydrogen) atoms. The molecule has 1 rings (SSSR count). The van der Waals surface area contributed by atoms with Crippen LogP contribution in [0.2, 0.25) is 0 Å². The van der Waals surface area contributed by atoms with Gasteiger partial charge in [-0.25, -0.2) is 12.1 Å². The number of hydrogen-bond donors (Lipinski definition) is 0. The summed E-state index contributed by atoms with van der Waals surface area (Å²) in [5.74, 6) is 0. The minimum absolute atomic E-state index is 0.216. The summed E-state index contributed by atoms with van der Waals surface area (Å²) in [7, 11) is 7.00. The third kappa shape index (κ3) is 49.4. The van der Waals surface area contributed by atoms with Gasteiger partial charge in [0.1, 0.15) is 0 Å². The van der Waals surface area contributed by atoms with Crippen molar-refractivity contribution in [3.05, 3.63) is 41.0 Å². The normalized spacial score (nSPS) is 8.35. The Bertz CT molecular complexity index is 184. The Kier molecular flexibility index (Phi) is 23.6. The van der Waals surface area contributed by atoms with Gasteiger partial charge in [0.25, 0.3) is 0 Å². The molecule has 0 fully saturated rings. The van der Waals surface area contributed by atoms with Gasteiger partial charge in [-0.2, -0.15) is 46.4 Å². The van der Waals surface area contributed by atoms with E-state index in [2.05, 4.69) is 34.7 Å². The van der Waals surface area contributed by atoms with E-state index < -0.39 is 0 Å². The van der Waals surface area contributed by atoms with Gasteiger partial charge >= 0.3 is 50.5 Å². The fourth-order valence-corrected chi connectivity index (χ4v) is 0.321. The molecule has 0 aromatic heterocycles. The van der Waals surface area contributed by atoms with Crippen LogP contribution in [0.15, 0.2) is 33.7 Å². The zero-order valence-corrected chi connectivity index (χ0v) is 15.4. The molecule has 0 N–H and O–H groups in total. The molecule has 4 heteroatoms. The topological polar surface area (TPSA) is 40.6 Å². The molecule has 0 bridgehead atoms. The van der Waals surface area contributed by atoms with Crippen LogP contribution in [0.4, 0.5) is 0 Å². The summed E-state index contributed by atoms with van der Waals surface area (Å²) in [6.07, 6.45) is 0. The second-order valence-electron chi connectivity index (χ2n) is 4.13. The maximum absolute atomic E-state index is 4.13. The molecule has 0 radical (unpaired) electrons. The molecule has 0 spiro atoms.